The SMILES string of the molecule is CCCNc1nc2c(Cl)ccc(C(F)(F)F)c2cc1CC. The molecule has 0 aliphatic heterocycles. The largest absolute Gasteiger partial charge is 0.417 e. The normalized spacial score (nSPS) is 11.9. The Morgan fingerprint density at radius 2 is 1.95 bits per heavy atom. The molecule has 0 aliphatic carbocycles. The fraction of sp³-hybridized carbons (Fsp3) is 0.400. The zero-order valence-electron chi connectivity index (χ0n) is 11.8. The van der Waals surface area contributed by atoms with Gasteiger partial charge in [0.05, 0.1) is 16.1 Å². The van der Waals surface area contributed by atoms with E-state index >= 15 is 0 Å². The predicted molar refractivity (Wildman–Crippen MR) is 79.9 cm³/mol. The molecular formula is C15H16ClF3N2. The standard InChI is InChI=1S/C15H16ClF3N2/c1-3-7-20-14-9(4-2)8-10-11(15(17,18)19)5-6-12(16)13(10)21-14/h5-6,8H,3-4,7H2,1-2H3,(H,20,21). The van der Waals surface area contributed by atoms with E-state index in [2.05, 4.69) is 10.3 Å². The lowest BCUT2D eigenvalue weighted by molar-refractivity contribution is -0.136. The van der Waals surface area contributed by atoms with Gasteiger partial charge >= 0.3 is 6.18 Å². The van der Waals surface area contributed by atoms with Crippen LogP contribution >= 0.6 is 11.6 Å². The summed E-state index contributed by atoms with van der Waals surface area (Å²) < 4.78 is 39.3. The van der Waals surface area contributed by atoms with E-state index in [4.69, 9.17) is 11.6 Å². The first kappa shape index (κ1) is 15.9. The number of pyridine rings is 1. The summed E-state index contributed by atoms with van der Waals surface area (Å²) in [5, 5.41) is 3.41. The molecule has 0 radical (unpaired) electrons. The number of alkyl halides is 3. The van der Waals surface area contributed by atoms with Gasteiger partial charge in [-0.15, -0.1) is 0 Å². The number of rotatable bonds is 4. The molecule has 2 rings (SSSR count). The monoisotopic (exact) mass is 316 g/mol. The van der Waals surface area contributed by atoms with E-state index < -0.39 is 11.7 Å². The highest BCUT2D eigenvalue weighted by molar-refractivity contribution is 6.35. The molecule has 0 bridgehead atoms. The smallest absolute Gasteiger partial charge is 0.370 e. The molecule has 21 heavy (non-hydrogen) atoms. The molecule has 0 saturated heterocycles. The minimum absolute atomic E-state index is 0.0499. The van der Waals surface area contributed by atoms with E-state index in [1.54, 1.807) is 0 Å². The van der Waals surface area contributed by atoms with Gasteiger partial charge in [-0.2, -0.15) is 13.2 Å². The van der Waals surface area contributed by atoms with Crippen LogP contribution in [-0.4, -0.2) is 11.5 Å². The second kappa shape index (κ2) is 6.10. The Hall–Kier alpha value is -1.49. The summed E-state index contributed by atoms with van der Waals surface area (Å²) in [5.74, 6) is 0.605. The van der Waals surface area contributed by atoms with Crippen LogP contribution in [0.25, 0.3) is 10.9 Å². The van der Waals surface area contributed by atoms with Gasteiger partial charge in [-0.1, -0.05) is 25.4 Å². The lowest BCUT2D eigenvalue weighted by Gasteiger charge is -2.15. The first-order chi connectivity index (χ1) is 9.88. The van der Waals surface area contributed by atoms with Gasteiger partial charge in [0.2, 0.25) is 0 Å². The Labute approximate surface area is 126 Å². The van der Waals surface area contributed by atoms with Gasteiger partial charge in [-0.3, -0.25) is 0 Å². The van der Waals surface area contributed by atoms with Crippen LogP contribution in [0.15, 0.2) is 18.2 Å². The molecule has 2 aromatic rings. The van der Waals surface area contributed by atoms with Gasteiger partial charge in [-0.05, 0) is 36.6 Å². The van der Waals surface area contributed by atoms with Crippen molar-refractivity contribution in [1.82, 2.24) is 4.98 Å². The van der Waals surface area contributed by atoms with E-state index in [-0.39, 0.29) is 15.9 Å². The number of benzene rings is 1. The Kier molecular flexibility index (Phi) is 4.61. The second-order valence-electron chi connectivity index (χ2n) is 4.77. The fourth-order valence-corrected chi connectivity index (χ4v) is 2.39. The van der Waals surface area contributed by atoms with Crippen molar-refractivity contribution in [1.29, 1.82) is 0 Å². The van der Waals surface area contributed by atoms with E-state index in [0.717, 1.165) is 18.1 Å². The van der Waals surface area contributed by atoms with Crippen LogP contribution in [0.5, 0.6) is 0 Å². The lowest BCUT2D eigenvalue weighted by Crippen LogP contribution is -2.09. The summed E-state index contributed by atoms with van der Waals surface area (Å²) in [6, 6.07) is 3.79. The molecule has 0 saturated carbocycles. The Balaban J connectivity index is 2.70. The van der Waals surface area contributed by atoms with Crippen molar-refractivity contribution >= 4 is 28.3 Å². The van der Waals surface area contributed by atoms with Crippen molar-refractivity contribution in [3.05, 3.63) is 34.3 Å². The molecule has 6 heteroatoms. The van der Waals surface area contributed by atoms with E-state index in [1.807, 2.05) is 13.8 Å². The Bertz CT molecular complexity index is 653. The summed E-state index contributed by atoms with van der Waals surface area (Å²) in [6.45, 7) is 4.61. The molecule has 0 unspecified atom stereocenters. The molecule has 0 amide bonds. The molecule has 1 aromatic carbocycles. The highest BCUT2D eigenvalue weighted by atomic mass is 35.5. The summed E-state index contributed by atoms with van der Waals surface area (Å²) in [4.78, 5) is 4.31. The van der Waals surface area contributed by atoms with Crippen LogP contribution in [0.3, 0.4) is 0 Å². The van der Waals surface area contributed by atoms with E-state index in [9.17, 15) is 13.2 Å². The summed E-state index contributed by atoms with van der Waals surface area (Å²) in [5.41, 5.74) is 0.233. The molecule has 2 nitrogen and oxygen atoms in total. The van der Waals surface area contributed by atoms with Gasteiger partial charge in [0.15, 0.2) is 0 Å². The van der Waals surface area contributed by atoms with Crippen LogP contribution in [0.2, 0.25) is 5.02 Å². The molecule has 1 N–H and O–H groups in total. The van der Waals surface area contributed by atoms with Crippen LogP contribution < -0.4 is 5.32 Å². The maximum atomic E-state index is 13.1. The van der Waals surface area contributed by atoms with Crippen molar-refractivity contribution in [2.75, 3.05) is 11.9 Å². The predicted octanol–water partition coefficient (Wildman–Crippen LogP) is 5.29. The second-order valence-corrected chi connectivity index (χ2v) is 5.17. The van der Waals surface area contributed by atoms with Crippen molar-refractivity contribution < 1.29 is 13.2 Å². The molecule has 0 aliphatic rings. The van der Waals surface area contributed by atoms with Gasteiger partial charge in [0.25, 0.3) is 0 Å². The van der Waals surface area contributed by atoms with Gasteiger partial charge in [0.1, 0.15) is 5.82 Å². The number of nitrogens with one attached hydrogen (secondary N) is 1. The molecular weight excluding hydrogens is 301 g/mol. The number of fused-ring (bicyclic) bond motifs is 1. The third kappa shape index (κ3) is 3.23. The van der Waals surface area contributed by atoms with Crippen LogP contribution in [0, 0.1) is 0 Å². The van der Waals surface area contributed by atoms with Gasteiger partial charge < -0.3 is 5.32 Å². The van der Waals surface area contributed by atoms with Crippen molar-refractivity contribution in [2.24, 2.45) is 0 Å². The number of aryl methyl sites for hydroxylation is 1. The van der Waals surface area contributed by atoms with Crippen molar-refractivity contribution in [3.8, 4) is 0 Å². The number of nitrogens with zero attached hydrogens (tertiary/aromatic N) is 1. The fourth-order valence-electron chi connectivity index (χ4n) is 2.18. The minimum atomic E-state index is -4.42. The Morgan fingerprint density at radius 3 is 2.52 bits per heavy atom. The van der Waals surface area contributed by atoms with Crippen LogP contribution in [0.1, 0.15) is 31.4 Å². The first-order valence-corrected chi connectivity index (χ1v) is 7.19. The van der Waals surface area contributed by atoms with E-state index in [1.165, 1.54) is 12.1 Å². The average Bonchev–Trinajstić information content (AvgIpc) is 2.43. The average molecular weight is 317 g/mol. The molecule has 1 heterocycles. The van der Waals surface area contributed by atoms with Gasteiger partial charge in [-0.25, -0.2) is 4.98 Å². The number of hydrogen-bond donors (Lipinski definition) is 1. The molecule has 0 spiro atoms. The Morgan fingerprint density at radius 1 is 1.24 bits per heavy atom. The molecule has 0 fully saturated rings. The summed E-state index contributed by atoms with van der Waals surface area (Å²) in [7, 11) is 0. The minimum Gasteiger partial charge on any atom is -0.370 e. The zero-order valence-corrected chi connectivity index (χ0v) is 12.6. The first-order valence-electron chi connectivity index (χ1n) is 6.81. The molecule has 114 valence electrons. The number of halogens is 4. The maximum Gasteiger partial charge on any atom is 0.417 e. The quantitative estimate of drug-likeness (QED) is 0.828. The third-order valence-electron chi connectivity index (χ3n) is 3.24. The van der Waals surface area contributed by atoms with E-state index in [0.29, 0.717) is 18.8 Å². The third-order valence-corrected chi connectivity index (χ3v) is 3.55. The van der Waals surface area contributed by atoms with Gasteiger partial charge in [0, 0.05) is 11.9 Å². The number of hydrogen-bond acceptors (Lipinski definition) is 2. The number of anilines is 1. The lowest BCUT2D eigenvalue weighted by atomic mass is 10.0. The highest BCUT2D eigenvalue weighted by Gasteiger charge is 2.33. The van der Waals surface area contributed by atoms with Crippen LogP contribution in [0.4, 0.5) is 19.0 Å². The maximum absolute atomic E-state index is 13.1. The zero-order chi connectivity index (χ0) is 15.6. The molecule has 0 atom stereocenters. The summed E-state index contributed by atoms with van der Waals surface area (Å²) in [6.07, 6.45) is -2.92. The molecule has 1 aromatic heterocycles. The topological polar surface area (TPSA) is 24.9 Å². The van der Waals surface area contributed by atoms with Crippen molar-refractivity contribution in [3.63, 3.8) is 0 Å². The van der Waals surface area contributed by atoms with Crippen molar-refractivity contribution in [2.45, 2.75) is 32.9 Å². The number of aromatic nitrogens is 1. The summed E-state index contributed by atoms with van der Waals surface area (Å²) >= 11 is 6.02. The van der Waals surface area contributed by atoms with Crippen LogP contribution in [-0.2, 0) is 12.6 Å². The highest BCUT2D eigenvalue weighted by Crippen LogP contribution is 2.38.